The zero-order valence-electron chi connectivity index (χ0n) is 14.3. The van der Waals surface area contributed by atoms with Gasteiger partial charge in [0, 0.05) is 16.6 Å². The molecule has 0 aliphatic rings. The van der Waals surface area contributed by atoms with Crippen LogP contribution in [0, 0.1) is 6.92 Å². The molecule has 0 radical (unpaired) electrons. The third kappa shape index (κ3) is 3.64. The Balaban J connectivity index is 0.00000210. The maximum atomic E-state index is 11.8. The number of fused-ring (bicyclic) bond motifs is 1. The van der Waals surface area contributed by atoms with Gasteiger partial charge in [0.2, 0.25) is 0 Å². The Morgan fingerprint density at radius 1 is 0.815 bits per heavy atom. The highest BCUT2D eigenvalue weighted by atomic mass is 27.0. The predicted molar refractivity (Wildman–Crippen MR) is 114 cm³/mol. The first kappa shape index (κ1) is 18.9. The SMILES string of the molecule is Cc1ccc2cccc(-c3cc(-c4ccccc4)ccc3C(=O)O)c2n1.[AlH3]. The van der Waals surface area contributed by atoms with Gasteiger partial charge in [-0.25, -0.2) is 4.79 Å². The number of hydrogen-bond donors (Lipinski definition) is 1. The largest absolute Gasteiger partial charge is 0.478 e. The lowest BCUT2D eigenvalue weighted by Crippen LogP contribution is -2.01. The fourth-order valence-electron chi connectivity index (χ4n) is 3.23. The lowest BCUT2D eigenvalue weighted by molar-refractivity contribution is 0.0698. The van der Waals surface area contributed by atoms with Gasteiger partial charge in [0.1, 0.15) is 0 Å². The molecule has 4 rings (SSSR count). The zero-order valence-corrected chi connectivity index (χ0v) is 14.3. The lowest BCUT2D eigenvalue weighted by Gasteiger charge is -2.12. The monoisotopic (exact) mass is 369 g/mol. The van der Waals surface area contributed by atoms with Gasteiger partial charge in [0.25, 0.3) is 0 Å². The smallest absolute Gasteiger partial charge is 0.336 e. The van der Waals surface area contributed by atoms with Crippen LogP contribution in [0.3, 0.4) is 0 Å². The van der Waals surface area contributed by atoms with Crippen LogP contribution in [0.2, 0.25) is 0 Å². The fraction of sp³-hybridized carbons (Fsp3) is 0.0435. The van der Waals surface area contributed by atoms with Crippen molar-refractivity contribution in [3.63, 3.8) is 0 Å². The third-order valence-electron chi connectivity index (χ3n) is 4.51. The molecule has 0 bridgehead atoms. The minimum Gasteiger partial charge on any atom is -0.478 e. The van der Waals surface area contributed by atoms with Crippen molar-refractivity contribution >= 4 is 34.2 Å². The molecule has 0 amide bonds. The van der Waals surface area contributed by atoms with Crippen molar-refractivity contribution in [2.75, 3.05) is 0 Å². The van der Waals surface area contributed by atoms with E-state index in [-0.39, 0.29) is 22.9 Å². The number of nitrogens with zero attached hydrogens (tertiary/aromatic N) is 1. The van der Waals surface area contributed by atoms with E-state index in [2.05, 4.69) is 4.98 Å². The minimum atomic E-state index is -0.940. The van der Waals surface area contributed by atoms with E-state index >= 15 is 0 Å². The number of para-hydroxylation sites is 1. The van der Waals surface area contributed by atoms with Crippen LogP contribution in [-0.2, 0) is 0 Å². The van der Waals surface area contributed by atoms with Gasteiger partial charge in [-0.2, -0.15) is 0 Å². The van der Waals surface area contributed by atoms with E-state index < -0.39 is 5.97 Å². The number of carbonyl (C=O) groups is 1. The average Bonchev–Trinajstić information content (AvgIpc) is 2.67. The maximum Gasteiger partial charge on any atom is 0.336 e. The zero-order chi connectivity index (χ0) is 18.1. The second-order valence-corrected chi connectivity index (χ2v) is 6.26. The van der Waals surface area contributed by atoms with Gasteiger partial charge in [-0.1, -0.05) is 60.7 Å². The number of aryl methyl sites for hydroxylation is 1. The topological polar surface area (TPSA) is 50.2 Å². The Kier molecular flexibility index (Phi) is 5.41. The summed E-state index contributed by atoms with van der Waals surface area (Å²) in [4.78, 5) is 16.5. The fourth-order valence-corrected chi connectivity index (χ4v) is 3.23. The standard InChI is InChI=1S/C23H17NO2.Al.3H/c1-15-10-11-17-8-5-9-19(22(17)24-15)21-14-18(12-13-20(21)23(25)26)16-6-3-2-4-7-16;;;;/h2-14H,1H3,(H,25,26);;;;. The average molecular weight is 369 g/mol. The quantitative estimate of drug-likeness (QED) is 0.545. The highest BCUT2D eigenvalue weighted by Crippen LogP contribution is 2.33. The van der Waals surface area contributed by atoms with Gasteiger partial charge in [0.15, 0.2) is 17.4 Å². The molecule has 0 aliphatic heterocycles. The molecule has 0 atom stereocenters. The van der Waals surface area contributed by atoms with Crippen LogP contribution in [0.15, 0.2) is 78.9 Å². The summed E-state index contributed by atoms with van der Waals surface area (Å²) in [7, 11) is 0. The summed E-state index contributed by atoms with van der Waals surface area (Å²) in [6, 6.07) is 25.3. The van der Waals surface area contributed by atoms with Crippen molar-refractivity contribution in [3.05, 3.63) is 90.1 Å². The van der Waals surface area contributed by atoms with Gasteiger partial charge >= 0.3 is 5.97 Å². The molecule has 1 aromatic heterocycles. The molecule has 0 fully saturated rings. The highest BCUT2D eigenvalue weighted by Gasteiger charge is 2.16. The van der Waals surface area contributed by atoms with Gasteiger partial charge in [-0.15, -0.1) is 0 Å². The van der Waals surface area contributed by atoms with Crippen LogP contribution in [0.1, 0.15) is 16.1 Å². The number of carboxylic acids is 1. The minimum absolute atomic E-state index is 0. The molecule has 0 saturated heterocycles. The number of pyridine rings is 1. The van der Waals surface area contributed by atoms with Crippen molar-refractivity contribution in [1.29, 1.82) is 0 Å². The van der Waals surface area contributed by atoms with E-state index in [1.807, 2.05) is 79.7 Å². The molecule has 0 spiro atoms. The highest BCUT2D eigenvalue weighted by molar-refractivity contribution is 6.03. The first-order valence-electron chi connectivity index (χ1n) is 8.43. The van der Waals surface area contributed by atoms with Crippen molar-refractivity contribution in [2.24, 2.45) is 0 Å². The van der Waals surface area contributed by atoms with Crippen molar-refractivity contribution in [1.82, 2.24) is 4.98 Å². The maximum absolute atomic E-state index is 11.8. The molecular weight excluding hydrogens is 349 g/mol. The summed E-state index contributed by atoms with van der Waals surface area (Å²) in [5.41, 5.74) is 5.55. The van der Waals surface area contributed by atoms with E-state index in [1.54, 1.807) is 6.07 Å². The normalized spacial score (nSPS) is 10.4. The third-order valence-corrected chi connectivity index (χ3v) is 4.51. The molecule has 0 aliphatic carbocycles. The first-order chi connectivity index (χ1) is 12.6. The molecule has 0 saturated carbocycles. The second-order valence-electron chi connectivity index (χ2n) is 6.26. The van der Waals surface area contributed by atoms with Crippen LogP contribution in [0.4, 0.5) is 0 Å². The molecule has 3 aromatic carbocycles. The Hall–Kier alpha value is -2.93. The summed E-state index contributed by atoms with van der Waals surface area (Å²) < 4.78 is 0. The predicted octanol–water partition coefficient (Wildman–Crippen LogP) is 4.39. The first-order valence-corrected chi connectivity index (χ1v) is 8.43. The molecule has 1 heterocycles. The molecule has 132 valence electrons. The molecule has 4 aromatic rings. The Labute approximate surface area is 168 Å². The number of hydrogen-bond acceptors (Lipinski definition) is 2. The van der Waals surface area contributed by atoms with Crippen LogP contribution >= 0.6 is 0 Å². The van der Waals surface area contributed by atoms with E-state index in [9.17, 15) is 9.90 Å². The molecular formula is C23H20AlNO2. The number of aromatic nitrogens is 1. The van der Waals surface area contributed by atoms with E-state index in [1.165, 1.54) is 0 Å². The Bertz CT molecular complexity index is 1120. The van der Waals surface area contributed by atoms with Gasteiger partial charge in [-0.05, 0) is 41.8 Å². The van der Waals surface area contributed by atoms with Crippen LogP contribution in [-0.4, -0.2) is 33.4 Å². The Morgan fingerprint density at radius 2 is 1.59 bits per heavy atom. The van der Waals surface area contributed by atoms with E-state index in [0.29, 0.717) is 5.56 Å². The summed E-state index contributed by atoms with van der Waals surface area (Å²) in [5.74, 6) is -0.940. The Morgan fingerprint density at radius 3 is 2.33 bits per heavy atom. The molecule has 4 heteroatoms. The van der Waals surface area contributed by atoms with Gasteiger partial charge < -0.3 is 5.11 Å². The van der Waals surface area contributed by atoms with Crippen molar-refractivity contribution in [2.45, 2.75) is 6.92 Å². The van der Waals surface area contributed by atoms with Crippen molar-refractivity contribution < 1.29 is 9.90 Å². The number of rotatable bonds is 3. The van der Waals surface area contributed by atoms with Crippen LogP contribution < -0.4 is 0 Å². The molecule has 1 N–H and O–H groups in total. The molecule has 3 nitrogen and oxygen atoms in total. The van der Waals surface area contributed by atoms with Crippen LogP contribution in [0.5, 0.6) is 0 Å². The molecule has 0 unspecified atom stereocenters. The van der Waals surface area contributed by atoms with Gasteiger partial charge in [0.05, 0.1) is 11.1 Å². The summed E-state index contributed by atoms with van der Waals surface area (Å²) in [5, 5.41) is 10.7. The number of aromatic carboxylic acids is 1. The van der Waals surface area contributed by atoms with E-state index in [4.69, 9.17) is 0 Å². The lowest BCUT2D eigenvalue weighted by atomic mass is 9.93. The summed E-state index contributed by atoms with van der Waals surface area (Å²) in [6.07, 6.45) is 0. The number of carboxylic acid groups (broad SMARTS) is 1. The molecule has 27 heavy (non-hydrogen) atoms. The van der Waals surface area contributed by atoms with Crippen LogP contribution in [0.25, 0.3) is 33.2 Å². The summed E-state index contributed by atoms with van der Waals surface area (Å²) in [6.45, 7) is 1.94. The summed E-state index contributed by atoms with van der Waals surface area (Å²) >= 11 is 0. The van der Waals surface area contributed by atoms with E-state index in [0.717, 1.165) is 33.3 Å². The number of benzene rings is 3. The second kappa shape index (κ2) is 7.75. The van der Waals surface area contributed by atoms with Gasteiger partial charge in [-0.3, -0.25) is 4.98 Å². The van der Waals surface area contributed by atoms with Crippen molar-refractivity contribution in [3.8, 4) is 22.3 Å².